The van der Waals surface area contributed by atoms with E-state index >= 15 is 0 Å². The molecule has 2 unspecified atom stereocenters. The number of rotatable bonds is 3. The number of likely N-dealkylation sites (N-methyl/N-ethyl adjacent to an activating group) is 1. The largest absolute Gasteiger partial charge is 0.342 e. The zero-order valence-corrected chi connectivity index (χ0v) is 12.8. The van der Waals surface area contributed by atoms with E-state index in [4.69, 9.17) is 5.73 Å². The molecule has 0 spiro atoms. The van der Waals surface area contributed by atoms with Crippen LogP contribution < -0.4 is 5.73 Å². The highest BCUT2D eigenvalue weighted by atomic mass is 16.2. The van der Waals surface area contributed by atoms with Crippen LogP contribution in [0.15, 0.2) is 0 Å². The average Bonchev–Trinajstić information content (AvgIpc) is 2.70. The number of hydrogen-bond acceptors (Lipinski definition) is 3. The summed E-state index contributed by atoms with van der Waals surface area (Å²) >= 11 is 0. The van der Waals surface area contributed by atoms with Gasteiger partial charge in [0.25, 0.3) is 0 Å². The van der Waals surface area contributed by atoms with Gasteiger partial charge in [-0.25, -0.2) is 0 Å². The first-order valence-corrected chi connectivity index (χ1v) is 8.42. The van der Waals surface area contributed by atoms with E-state index in [1.807, 2.05) is 11.9 Å². The second-order valence-electron chi connectivity index (χ2n) is 7.09. The first kappa shape index (κ1) is 14.3. The Morgan fingerprint density at radius 2 is 1.70 bits per heavy atom. The van der Waals surface area contributed by atoms with E-state index in [0.717, 1.165) is 12.8 Å². The lowest BCUT2D eigenvalue weighted by atomic mass is 9.94. The predicted molar refractivity (Wildman–Crippen MR) is 80.4 cm³/mol. The Hall–Kier alpha value is -0.610. The van der Waals surface area contributed by atoms with Crippen LogP contribution in [-0.4, -0.2) is 53.5 Å². The van der Waals surface area contributed by atoms with Crippen LogP contribution in [0, 0.1) is 0 Å². The Labute approximate surface area is 122 Å². The Bertz CT molecular complexity index is 340. The van der Waals surface area contributed by atoms with E-state index in [2.05, 4.69) is 4.90 Å². The van der Waals surface area contributed by atoms with Crippen LogP contribution in [0.3, 0.4) is 0 Å². The quantitative estimate of drug-likeness (QED) is 0.856. The molecule has 2 heterocycles. The molecule has 2 atom stereocenters. The van der Waals surface area contributed by atoms with Crippen molar-refractivity contribution in [2.24, 2.45) is 5.73 Å². The lowest BCUT2D eigenvalue weighted by Crippen LogP contribution is -2.52. The van der Waals surface area contributed by atoms with Gasteiger partial charge in [0.2, 0.25) is 5.91 Å². The van der Waals surface area contributed by atoms with E-state index in [9.17, 15) is 4.79 Å². The van der Waals surface area contributed by atoms with Crippen LogP contribution in [0.2, 0.25) is 0 Å². The summed E-state index contributed by atoms with van der Waals surface area (Å²) in [4.78, 5) is 17.0. The van der Waals surface area contributed by atoms with Crippen LogP contribution in [-0.2, 0) is 4.79 Å². The van der Waals surface area contributed by atoms with Gasteiger partial charge >= 0.3 is 0 Å². The van der Waals surface area contributed by atoms with Crippen LogP contribution in [0.5, 0.6) is 0 Å². The maximum absolute atomic E-state index is 12.6. The molecule has 2 aliphatic heterocycles. The van der Waals surface area contributed by atoms with E-state index < -0.39 is 0 Å². The molecule has 2 N–H and O–H groups in total. The van der Waals surface area contributed by atoms with Crippen LogP contribution in [0.4, 0.5) is 0 Å². The van der Waals surface area contributed by atoms with Gasteiger partial charge in [-0.05, 0) is 38.5 Å². The second-order valence-corrected chi connectivity index (χ2v) is 7.09. The number of piperidine rings is 1. The molecule has 1 amide bonds. The van der Waals surface area contributed by atoms with Crippen molar-refractivity contribution in [2.75, 3.05) is 13.6 Å². The summed E-state index contributed by atoms with van der Waals surface area (Å²) in [6.07, 6.45) is 10.9. The second kappa shape index (κ2) is 6.02. The van der Waals surface area contributed by atoms with Crippen molar-refractivity contribution in [1.82, 2.24) is 9.80 Å². The third-order valence-corrected chi connectivity index (χ3v) is 5.75. The fraction of sp³-hybridized carbons (Fsp3) is 0.938. The average molecular weight is 279 g/mol. The Kier molecular flexibility index (Phi) is 4.32. The minimum Gasteiger partial charge on any atom is -0.342 e. The molecule has 3 aliphatic rings. The van der Waals surface area contributed by atoms with Gasteiger partial charge in [-0.1, -0.05) is 19.3 Å². The van der Waals surface area contributed by atoms with Gasteiger partial charge in [-0.2, -0.15) is 0 Å². The normalized spacial score (nSPS) is 35.2. The van der Waals surface area contributed by atoms with Gasteiger partial charge in [-0.15, -0.1) is 0 Å². The summed E-state index contributed by atoms with van der Waals surface area (Å²) in [5.41, 5.74) is 6.10. The van der Waals surface area contributed by atoms with Gasteiger partial charge in [-0.3, -0.25) is 9.69 Å². The molecule has 3 fully saturated rings. The first-order valence-electron chi connectivity index (χ1n) is 8.42. The topological polar surface area (TPSA) is 49.6 Å². The van der Waals surface area contributed by atoms with Gasteiger partial charge in [0.15, 0.2) is 0 Å². The molecule has 2 saturated heterocycles. The molecule has 0 aromatic carbocycles. The van der Waals surface area contributed by atoms with Crippen LogP contribution >= 0.6 is 0 Å². The van der Waals surface area contributed by atoms with Crippen LogP contribution in [0.1, 0.15) is 57.8 Å². The van der Waals surface area contributed by atoms with E-state index in [-0.39, 0.29) is 0 Å². The van der Waals surface area contributed by atoms with Crippen LogP contribution in [0.25, 0.3) is 0 Å². The third-order valence-electron chi connectivity index (χ3n) is 5.75. The number of fused-ring (bicyclic) bond motifs is 2. The highest BCUT2D eigenvalue weighted by Crippen LogP contribution is 2.35. The van der Waals surface area contributed by atoms with Gasteiger partial charge in [0.05, 0.1) is 6.54 Å². The highest BCUT2D eigenvalue weighted by Gasteiger charge is 2.40. The number of nitrogens with zero attached hydrogens (tertiary/aromatic N) is 2. The number of carbonyl (C=O) groups is 1. The summed E-state index contributed by atoms with van der Waals surface area (Å²) in [6, 6.07) is 1.97. The van der Waals surface area contributed by atoms with Crippen molar-refractivity contribution in [3.05, 3.63) is 0 Å². The number of carbonyl (C=O) groups excluding carboxylic acids is 1. The molecule has 1 saturated carbocycles. The van der Waals surface area contributed by atoms with Crippen molar-refractivity contribution in [3.63, 3.8) is 0 Å². The minimum atomic E-state index is 0.323. The lowest BCUT2D eigenvalue weighted by molar-refractivity contribution is -0.135. The summed E-state index contributed by atoms with van der Waals surface area (Å²) < 4.78 is 0. The maximum Gasteiger partial charge on any atom is 0.236 e. The number of amides is 1. The zero-order chi connectivity index (χ0) is 14.1. The number of nitrogens with two attached hydrogens (primary N) is 1. The first-order chi connectivity index (χ1) is 9.65. The molecule has 0 radical (unpaired) electrons. The molecule has 4 nitrogen and oxygen atoms in total. The summed E-state index contributed by atoms with van der Waals surface area (Å²) in [7, 11) is 2.01. The number of hydrogen-bond donors (Lipinski definition) is 1. The van der Waals surface area contributed by atoms with Gasteiger partial charge in [0.1, 0.15) is 0 Å². The predicted octanol–water partition coefficient (Wildman–Crippen LogP) is 1.73. The van der Waals surface area contributed by atoms with Crippen molar-refractivity contribution in [2.45, 2.75) is 82.0 Å². The Balaban J connectivity index is 1.56. The smallest absolute Gasteiger partial charge is 0.236 e. The van der Waals surface area contributed by atoms with Crippen molar-refractivity contribution >= 4 is 5.91 Å². The summed E-state index contributed by atoms with van der Waals surface area (Å²) in [5.74, 6) is 0.323. The maximum atomic E-state index is 12.6. The molecule has 4 heteroatoms. The SMILES string of the molecule is CN(C(=O)CN1C2CCC1CC(N)C2)C1CCCCC1. The zero-order valence-electron chi connectivity index (χ0n) is 12.8. The molecule has 0 aromatic heterocycles. The van der Waals surface area contributed by atoms with E-state index in [1.54, 1.807) is 0 Å². The molecule has 2 bridgehead atoms. The molecule has 114 valence electrons. The fourth-order valence-corrected chi connectivity index (χ4v) is 4.51. The standard InChI is InChI=1S/C16H29N3O/c1-18(13-5-3-2-4-6-13)16(20)11-19-14-7-8-15(19)10-12(17)9-14/h12-15H,2-11,17H2,1H3. The summed E-state index contributed by atoms with van der Waals surface area (Å²) in [5, 5.41) is 0. The van der Waals surface area contributed by atoms with E-state index in [1.165, 1.54) is 44.9 Å². The summed E-state index contributed by atoms with van der Waals surface area (Å²) in [6.45, 7) is 0.620. The Morgan fingerprint density at radius 3 is 2.30 bits per heavy atom. The lowest BCUT2D eigenvalue weighted by Gasteiger charge is -2.39. The van der Waals surface area contributed by atoms with Gasteiger partial charge < -0.3 is 10.6 Å². The van der Waals surface area contributed by atoms with Crippen molar-refractivity contribution < 1.29 is 4.79 Å². The fourth-order valence-electron chi connectivity index (χ4n) is 4.51. The highest BCUT2D eigenvalue weighted by molar-refractivity contribution is 5.78. The molecular formula is C16H29N3O. The third kappa shape index (κ3) is 2.86. The minimum absolute atomic E-state index is 0.323. The molecule has 3 rings (SSSR count). The molecule has 0 aromatic rings. The molecule has 20 heavy (non-hydrogen) atoms. The Morgan fingerprint density at radius 1 is 1.10 bits per heavy atom. The van der Waals surface area contributed by atoms with Crippen molar-refractivity contribution in [1.29, 1.82) is 0 Å². The van der Waals surface area contributed by atoms with Gasteiger partial charge in [0, 0.05) is 31.2 Å². The monoisotopic (exact) mass is 279 g/mol. The van der Waals surface area contributed by atoms with E-state index in [0.29, 0.717) is 36.6 Å². The molecular weight excluding hydrogens is 250 g/mol. The molecule has 1 aliphatic carbocycles. The van der Waals surface area contributed by atoms with Crippen molar-refractivity contribution in [3.8, 4) is 0 Å².